The molecule has 0 N–H and O–H groups in total. The molecule has 0 atom stereocenters. The van der Waals surface area contributed by atoms with E-state index in [1.54, 1.807) is 6.92 Å². The lowest BCUT2D eigenvalue weighted by atomic mass is 10.2. The fourth-order valence-corrected chi connectivity index (χ4v) is 1.52. The number of benzene rings is 1. The highest BCUT2D eigenvalue weighted by atomic mass is 35.5. The highest BCUT2D eigenvalue weighted by Crippen LogP contribution is 2.26. The van der Waals surface area contributed by atoms with Crippen molar-refractivity contribution in [3.8, 4) is 0 Å². The summed E-state index contributed by atoms with van der Waals surface area (Å²) < 4.78 is 13.6. The molecular weight excluding hydrogens is 233 g/mol. The van der Waals surface area contributed by atoms with Crippen molar-refractivity contribution in [2.75, 3.05) is 4.90 Å². The summed E-state index contributed by atoms with van der Waals surface area (Å²) in [6.45, 7) is 4.07. The number of carbonyl (C=O) groups excluding carboxylic acids is 2. The maximum absolute atomic E-state index is 13.6. The van der Waals surface area contributed by atoms with Crippen LogP contribution in [0.1, 0.15) is 19.4 Å². The number of nitrogens with zero attached hydrogens (tertiary/aromatic N) is 1. The Morgan fingerprint density at radius 1 is 1.25 bits per heavy atom. The maximum atomic E-state index is 13.6. The Balaban J connectivity index is 3.35. The molecule has 0 heterocycles. The second-order valence-corrected chi connectivity index (χ2v) is 3.83. The molecule has 0 saturated heterocycles. The van der Waals surface area contributed by atoms with Gasteiger partial charge in [-0.05, 0) is 24.6 Å². The zero-order chi connectivity index (χ0) is 12.5. The molecule has 1 aromatic carbocycles. The first-order valence-electron chi connectivity index (χ1n) is 4.61. The first-order chi connectivity index (χ1) is 7.34. The second kappa shape index (κ2) is 4.61. The van der Waals surface area contributed by atoms with Gasteiger partial charge in [-0.1, -0.05) is 11.6 Å². The van der Waals surface area contributed by atoms with Crippen LogP contribution in [-0.2, 0) is 9.59 Å². The first-order valence-corrected chi connectivity index (χ1v) is 4.99. The van der Waals surface area contributed by atoms with Crippen molar-refractivity contribution in [2.24, 2.45) is 0 Å². The standard InChI is InChI=1S/C11H11ClFNO2/c1-6-4-11(10(13)5-9(6)12)14(7(2)15)8(3)16/h4-5H,1-3H3. The van der Waals surface area contributed by atoms with Crippen LogP contribution in [-0.4, -0.2) is 11.8 Å². The topological polar surface area (TPSA) is 37.4 Å². The molecule has 0 bridgehead atoms. The lowest BCUT2D eigenvalue weighted by molar-refractivity contribution is -0.124. The molecule has 0 aliphatic rings. The van der Waals surface area contributed by atoms with Gasteiger partial charge < -0.3 is 0 Å². The Morgan fingerprint density at radius 3 is 2.19 bits per heavy atom. The van der Waals surface area contributed by atoms with Crippen LogP contribution in [0.15, 0.2) is 12.1 Å². The van der Waals surface area contributed by atoms with Gasteiger partial charge in [0, 0.05) is 18.9 Å². The van der Waals surface area contributed by atoms with Gasteiger partial charge in [0.15, 0.2) is 0 Å². The van der Waals surface area contributed by atoms with E-state index in [4.69, 9.17) is 11.6 Å². The van der Waals surface area contributed by atoms with Gasteiger partial charge in [0.1, 0.15) is 5.82 Å². The number of hydrogen-bond donors (Lipinski definition) is 0. The Morgan fingerprint density at radius 2 is 1.75 bits per heavy atom. The van der Waals surface area contributed by atoms with Crippen molar-refractivity contribution in [3.05, 3.63) is 28.5 Å². The van der Waals surface area contributed by atoms with E-state index in [9.17, 15) is 14.0 Å². The minimum atomic E-state index is -0.694. The van der Waals surface area contributed by atoms with Crippen LogP contribution in [0.4, 0.5) is 10.1 Å². The average molecular weight is 244 g/mol. The Kier molecular flexibility index (Phi) is 3.65. The third-order valence-corrected chi connectivity index (χ3v) is 2.51. The lowest BCUT2D eigenvalue weighted by Gasteiger charge is -2.18. The van der Waals surface area contributed by atoms with Gasteiger partial charge in [0.2, 0.25) is 11.8 Å². The molecule has 2 amide bonds. The molecular formula is C11H11ClFNO2. The van der Waals surface area contributed by atoms with Crippen molar-refractivity contribution in [2.45, 2.75) is 20.8 Å². The number of anilines is 1. The zero-order valence-electron chi connectivity index (χ0n) is 9.17. The van der Waals surface area contributed by atoms with Gasteiger partial charge in [-0.3, -0.25) is 9.59 Å². The number of imide groups is 1. The minimum absolute atomic E-state index is 0.0677. The van der Waals surface area contributed by atoms with E-state index >= 15 is 0 Å². The Bertz CT molecular complexity index is 446. The van der Waals surface area contributed by atoms with Gasteiger partial charge in [-0.25, -0.2) is 9.29 Å². The molecule has 0 aromatic heterocycles. The molecule has 0 radical (unpaired) electrons. The van der Waals surface area contributed by atoms with Crippen molar-refractivity contribution in [3.63, 3.8) is 0 Å². The zero-order valence-corrected chi connectivity index (χ0v) is 9.93. The highest BCUT2D eigenvalue weighted by Gasteiger charge is 2.20. The number of rotatable bonds is 1. The van der Waals surface area contributed by atoms with Crippen molar-refractivity contribution < 1.29 is 14.0 Å². The van der Waals surface area contributed by atoms with Crippen LogP contribution in [0.3, 0.4) is 0 Å². The summed E-state index contributed by atoms with van der Waals surface area (Å²) in [5, 5.41) is 0.258. The SMILES string of the molecule is CC(=O)N(C(C)=O)c1cc(C)c(Cl)cc1F. The van der Waals surface area contributed by atoms with E-state index in [0.717, 1.165) is 11.0 Å². The molecule has 0 aliphatic carbocycles. The molecule has 0 spiro atoms. The molecule has 0 aliphatic heterocycles. The normalized spacial score (nSPS) is 10.1. The molecule has 16 heavy (non-hydrogen) atoms. The van der Waals surface area contributed by atoms with Gasteiger partial charge in [-0.15, -0.1) is 0 Å². The summed E-state index contributed by atoms with van der Waals surface area (Å²) >= 11 is 5.72. The molecule has 5 heteroatoms. The molecule has 0 unspecified atom stereocenters. The summed E-state index contributed by atoms with van der Waals surface area (Å²) in [5.41, 5.74) is 0.535. The fraction of sp³-hybridized carbons (Fsp3) is 0.273. The summed E-state index contributed by atoms with van der Waals surface area (Å²) in [6.07, 6.45) is 0. The number of hydrogen-bond acceptors (Lipinski definition) is 2. The van der Waals surface area contributed by atoms with Crippen molar-refractivity contribution >= 4 is 29.1 Å². The quantitative estimate of drug-likeness (QED) is 0.761. The predicted molar refractivity (Wildman–Crippen MR) is 60.0 cm³/mol. The Hall–Kier alpha value is -1.42. The van der Waals surface area contributed by atoms with E-state index in [-0.39, 0.29) is 10.7 Å². The third kappa shape index (κ3) is 2.39. The van der Waals surface area contributed by atoms with Crippen molar-refractivity contribution in [1.29, 1.82) is 0 Å². The first kappa shape index (κ1) is 12.6. The summed E-state index contributed by atoms with van der Waals surface area (Å²) in [6, 6.07) is 2.46. The van der Waals surface area contributed by atoms with Crippen molar-refractivity contribution in [1.82, 2.24) is 0 Å². The number of aryl methyl sites for hydroxylation is 1. The summed E-state index contributed by atoms with van der Waals surface area (Å²) in [4.78, 5) is 23.3. The third-order valence-electron chi connectivity index (χ3n) is 2.10. The van der Waals surface area contributed by atoms with Gasteiger partial charge in [-0.2, -0.15) is 0 Å². The number of carbonyl (C=O) groups is 2. The molecule has 3 nitrogen and oxygen atoms in total. The van der Waals surface area contributed by atoms with E-state index in [1.807, 2.05) is 0 Å². The van der Waals surface area contributed by atoms with E-state index in [0.29, 0.717) is 5.56 Å². The number of amides is 2. The van der Waals surface area contributed by atoms with Gasteiger partial charge in [0.25, 0.3) is 0 Å². The smallest absolute Gasteiger partial charge is 0.230 e. The lowest BCUT2D eigenvalue weighted by Crippen LogP contribution is -2.33. The van der Waals surface area contributed by atoms with Crippen LogP contribution in [0.25, 0.3) is 0 Å². The van der Waals surface area contributed by atoms with Crippen LogP contribution in [0.2, 0.25) is 5.02 Å². The summed E-state index contributed by atoms with van der Waals surface area (Å²) in [7, 11) is 0. The van der Waals surface area contributed by atoms with Gasteiger partial charge in [0.05, 0.1) is 5.69 Å². The maximum Gasteiger partial charge on any atom is 0.230 e. The Labute approximate surface area is 97.8 Å². The van der Waals surface area contributed by atoms with Crippen LogP contribution in [0.5, 0.6) is 0 Å². The molecule has 0 fully saturated rings. The molecule has 1 rings (SSSR count). The van der Waals surface area contributed by atoms with E-state index in [2.05, 4.69) is 0 Å². The van der Waals surface area contributed by atoms with Crippen LogP contribution >= 0.6 is 11.6 Å². The average Bonchev–Trinajstić information content (AvgIpc) is 2.12. The monoisotopic (exact) mass is 243 g/mol. The molecule has 1 aromatic rings. The number of halogens is 2. The molecule has 86 valence electrons. The highest BCUT2D eigenvalue weighted by molar-refractivity contribution is 6.31. The summed E-state index contributed by atoms with van der Waals surface area (Å²) in [5.74, 6) is -1.76. The molecule has 0 saturated carbocycles. The minimum Gasteiger partial charge on any atom is -0.274 e. The van der Waals surface area contributed by atoms with Crippen LogP contribution in [0, 0.1) is 12.7 Å². The second-order valence-electron chi connectivity index (χ2n) is 3.43. The van der Waals surface area contributed by atoms with E-state index in [1.165, 1.54) is 19.9 Å². The van der Waals surface area contributed by atoms with Crippen LogP contribution < -0.4 is 4.90 Å². The largest absolute Gasteiger partial charge is 0.274 e. The predicted octanol–water partition coefficient (Wildman–Crippen LogP) is 2.69. The van der Waals surface area contributed by atoms with E-state index < -0.39 is 17.6 Å². The van der Waals surface area contributed by atoms with Gasteiger partial charge >= 0.3 is 0 Å². The fourth-order valence-electron chi connectivity index (χ4n) is 1.37.